The maximum atomic E-state index is 6.22. The number of fused-ring (bicyclic) bond motifs is 1. The Labute approximate surface area is 114 Å². The maximum Gasteiger partial charge on any atom is 0.127 e. The number of benzene rings is 2. The number of ether oxygens (including phenoxy) is 1. The molecule has 1 aliphatic carbocycles. The fourth-order valence-corrected chi connectivity index (χ4v) is 2.75. The molecule has 19 heavy (non-hydrogen) atoms. The van der Waals surface area contributed by atoms with Crippen molar-refractivity contribution in [2.75, 3.05) is 0 Å². The van der Waals surface area contributed by atoms with Gasteiger partial charge in [-0.25, -0.2) is 0 Å². The van der Waals surface area contributed by atoms with E-state index < -0.39 is 0 Å². The molecule has 3 rings (SSSR count). The molecule has 0 radical (unpaired) electrons. The molecule has 1 aliphatic rings. The Morgan fingerprint density at radius 1 is 0.947 bits per heavy atom. The normalized spacial score (nSPS) is 21.8. The number of hydrogen-bond acceptors (Lipinski definition) is 2. The Hall–Kier alpha value is -1.80. The minimum atomic E-state index is 0.144. The van der Waals surface area contributed by atoms with Gasteiger partial charge < -0.3 is 10.5 Å². The summed E-state index contributed by atoms with van der Waals surface area (Å²) in [6.45, 7) is 2.27. The lowest BCUT2D eigenvalue weighted by Gasteiger charge is -2.27. The molecule has 2 N–H and O–H groups in total. The Kier molecular flexibility index (Phi) is 3.26. The lowest BCUT2D eigenvalue weighted by atomic mass is 9.81. The highest BCUT2D eigenvalue weighted by atomic mass is 16.5. The second-order valence-corrected chi connectivity index (χ2v) is 5.29. The van der Waals surface area contributed by atoms with Crippen LogP contribution in [-0.2, 0) is 0 Å². The van der Waals surface area contributed by atoms with Crippen molar-refractivity contribution >= 4 is 0 Å². The minimum Gasteiger partial charge on any atom is -0.457 e. The zero-order valence-corrected chi connectivity index (χ0v) is 11.2. The maximum absolute atomic E-state index is 6.22. The minimum absolute atomic E-state index is 0.144. The van der Waals surface area contributed by atoms with Gasteiger partial charge in [0.05, 0.1) is 0 Å². The van der Waals surface area contributed by atoms with Gasteiger partial charge in [-0.05, 0) is 54.2 Å². The monoisotopic (exact) mass is 253 g/mol. The molecular weight excluding hydrogens is 234 g/mol. The summed E-state index contributed by atoms with van der Waals surface area (Å²) < 4.78 is 5.87. The van der Waals surface area contributed by atoms with Gasteiger partial charge in [-0.15, -0.1) is 0 Å². The molecule has 0 aliphatic heterocycles. The van der Waals surface area contributed by atoms with E-state index >= 15 is 0 Å². The third-order valence-corrected chi connectivity index (χ3v) is 3.88. The van der Waals surface area contributed by atoms with E-state index in [0.29, 0.717) is 5.92 Å². The number of para-hydroxylation sites is 1. The van der Waals surface area contributed by atoms with Gasteiger partial charge in [0.1, 0.15) is 11.5 Å². The van der Waals surface area contributed by atoms with E-state index in [4.69, 9.17) is 10.5 Å². The zero-order chi connectivity index (χ0) is 13.2. The van der Waals surface area contributed by atoms with Crippen LogP contribution in [0.1, 0.15) is 42.9 Å². The molecule has 1 unspecified atom stereocenters. The van der Waals surface area contributed by atoms with Crippen LogP contribution in [-0.4, -0.2) is 0 Å². The molecule has 2 nitrogen and oxygen atoms in total. The predicted molar refractivity (Wildman–Crippen MR) is 77.5 cm³/mol. The van der Waals surface area contributed by atoms with Crippen molar-refractivity contribution in [3.8, 4) is 11.5 Å². The number of hydrogen-bond donors (Lipinski definition) is 1. The molecule has 2 heteroatoms. The van der Waals surface area contributed by atoms with Gasteiger partial charge in [0, 0.05) is 6.04 Å². The van der Waals surface area contributed by atoms with E-state index in [1.165, 1.54) is 17.5 Å². The summed E-state index contributed by atoms with van der Waals surface area (Å²) in [5.74, 6) is 2.33. The topological polar surface area (TPSA) is 35.2 Å². The van der Waals surface area contributed by atoms with Crippen molar-refractivity contribution in [1.29, 1.82) is 0 Å². The fourth-order valence-electron chi connectivity index (χ4n) is 2.75. The molecule has 0 spiro atoms. The highest BCUT2D eigenvalue weighted by Crippen LogP contribution is 2.38. The van der Waals surface area contributed by atoms with E-state index in [2.05, 4.69) is 19.1 Å². The van der Waals surface area contributed by atoms with Crippen molar-refractivity contribution in [2.24, 2.45) is 5.73 Å². The van der Waals surface area contributed by atoms with Crippen LogP contribution in [0.3, 0.4) is 0 Å². The van der Waals surface area contributed by atoms with Gasteiger partial charge in [0.25, 0.3) is 0 Å². The van der Waals surface area contributed by atoms with E-state index in [0.717, 1.165) is 17.9 Å². The lowest BCUT2D eigenvalue weighted by Crippen LogP contribution is -2.19. The Balaban J connectivity index is 1.91. The molecule has 0 aromatic heterocycles. The fraction of sp³-hybridized carbons (Fsp3) is 0.294. The van der Waals surface area contributed by atoms with Crippen molar-refractivity contribution in [1.82, 2.24) is 0 Å². The van der Waals surface area contributed by atoms with Crippen LogP contribution in [0.4, 0.5) is 0 Å². The van der Waals surface area contributed by atoms with Gasteiger partial charge in [-0.2, -0.15) is 0 Å². The summed E-state index contributed by atoms with van der Waals surface area (Å²) in [5, 5.41) is 0. The quantitative estimate of drug-likeness (QED) is 0.862. The predicted octanol–water partition coefficient (Wildman–Crippen LogP) is 4.38. The molecule has 2 atom stereocenters. The van der Waals surface area contributed by atoms with Crippen LogP contribution in [0.25, 0.3) is 0 Å². The molecule has 0 saturated heterocycles. The summed E-state index contributed by atoms with van der Waals surface area (Å²) >= 11 is 0. The van der Waals surface area contributed by atoms with Gasteiger partial charge >= 0.3 is 0 Å². The first-order valence-electron chi connectivity index (χ1n) is 6.86. The smallest absolute Gasteiger partial charge is 0.127 e. The summed E-state index contributed by atoms with van der Waals surface area (Å²) in [4.78, 5) is 0. The highest BCUT2D eigenvalue weighted by molar-refractivity contribution is 5.42. The summed E-state index contributed by atoms with van der Waals surface area (Å²) in [6, 6.07) is 16.3. The molecule has 0 heterocycles. The largest absolute Gasteiger partial charge is 0.457 e. The average molecular weight is 253 g/mol. The Morgan fingerprint density at radius 3 is 2.53 bits per heavy atom. The summed E-state index contributed by atoms with van der Waals surface area (Å²) in [7, 11) is 0. The first-order chi connectivity index (χ1) is 9.24. The third kappa shape index (κ3) is 2.49. The molecule has 98 valence electrons. The number of nitrogens with two attached hydrogens (primary N) is 1. The summed E-state index contributed by atoms with van der Waals surface area (Å²) in [5.41, 5.74) is 8.83. The molecule has 0 saturated carbocycles. The average Bonchev–Trinajstić information content (AvgIpc) is 2.44. The third-order valence-electron chi connectivity index (χ3n) is 3.88. The van der Waals surface area contributed by atoms with Crippen molar-refractivity contribution in [3.05, 3.63) is 59.7 Å². The molecule has 2 aromatic carbocycles. The Morgan fingerprint density at radius 2 is 1.74 bits per heavy atom. The number of rotatable bonds is 2. The van der Waals surface area contributed by atoms with Crippen molar-refractivity contribution in [2.45, 2.75) is 31.7 Å². The molecule has 2 aromatic rings. The van der Waals surface area contributed by atoms with Crippen LogP contribution in [0.15, 0.2) is 48.5 Å². The van der Waals surface area contributed by atoms with Crippen LogP contribution >= 0.6 is 0 Å². The molecule has 0 bridgehead atoms. The van der Waals surface area contributed by atoms with Crippen molar-refractivity contribution in [3.63, 3.8) is 0 Å². The van der Waals surface area contributed by atoms with E-state index in [9.17, 15) is 0 Å². The second-order valence-electron chi connectivity index (χ2n) is 5.29. The van der Waals surface area contributed by atoms with E-state index in [1.807, 2.05) is 36.4 Å². The van der Waals surface area contributed by atoms with Gasteiger partial charge in [0.15, 0.2) is 0 Å². The second kappa shape index (κ2) is 5.06. The SMILES string of the molecule is CC1CC[C@H](N)c2cc(Oc3ccccc3)ccc21. The molecular formula is C17H19NO. The summed E-state index contributed by atoms with van der Waals surface area (Å²) in [6.07, 6.45) is 2.23. The van der Waals surface area contributed by atoms with Gasteiger partial charge in [-0.1, -0.05) is 31.2 Å². The lowest BCUT2D eigenvalue weighted by molar-refractivity contribution is 0.472. The van der Waals surface area contributed by atoms with Crippen molar-refractivity contribution < 1.29 is 4.74 Å². The highest BCUT2D eigenvalue weighted by Gasteiger charge is 2.22. The standard InChI is InChI=1S/C17H19NO/c1-12-7-10-17(18)16-11-14(8-9-15(12)16)19-13-5-3-2-4-6-13/h2-6,8-9,11-12,17H,7,10,18H2,1H3/t12?,17-/m0/s1. The molecule has 0 amide bonds. The first-order valence-corrected chi connectivity index (χ1v) is 6.86. The van der Waals surface area contributed by atoms with Gasteiger partial charge in [0.2, 0.25) is 0 Å². The van der Waals surface area contributed by atoms with E-state index in [1.54, 1.807) is 0 Å². The van der Waals surface area contributed by atoms with E-state index in [-0.39, 0.29) is 6.04 Å². The van der Waals surface area contributed by atoms with Gasteiger partial charge in [-0.3, -0.25) is 0 Å². The van der Waals surface area contributed by atoms with Crippen LogP contribution in [0.5, 0.6) is 11.5 Å². The Bertz CT molecular complexity index is 565. The van der Waals surface area contributed by atoms with Crippen LogP contribution in [0.2, 0.25) is 0 Å². The van der Waals surface area contributed by atoms with Crippen LogP contribution < -0.4 is 10.5 Å². The molecule has 0 fully saturated rings. The van der Waals surface area contributed by atoms with Crippen LogP contribution in [0, 0.1) is 0 Å². The first kappa shape index (κ1) is 12.2. The zero-order valence-electron chi connectivity index (χ0n) is 11.2.